The third-order valence-electron chi connectivity index (χ3n) is 3.25. The van der Waals surface area contributed by atoms with E-state index >= 15 is 0 Å². The van der Waals surface area contributed by atoms with E-state index in [-0.39, 0.29) is 0 Å². The Kier molecular flexibility index (Phi) is 1.83. The largest absolute Gasteiger partial charge is 0.315 e. The normalized spacial score (nSPS) is 27.5. The van der Waals surface area contributed by atoms with Crippen LogP contribution in [0.3, 0.4) is 0 Å². The van der Waals surface area contributed by atoms with Gasteiger partial charge in [-0.05, 0) is 23.1 Å². The Morgan fingerprint density at radius 2 is 2.33 bits per heavy atom. The van der Waals surface area contributed by atoms with E-state index in [4.69, 9.17) is 5.26 Å². The Labute approximate surface area is 88.4 Å². The summed E-state index contributed by atoms with van der Waals surface area (Å²) in [5.74, 6) is 1.34. The fourth-order valence-electron chi connectivity index (χ4n) is 2.42. The van der Waals surface area contributed by atoms with Gasteiger partial charge in [0, 0.05) is 31.4 Å². The zero-order valence-corrected chi connectivity index (χ0v) is 8.27. The predicted molar refractivity (Wildman–Crippen MR) is 56.8 cm³/mol. The first-order valence-corrected chi connectivity index (χ1v) is 5.16. The van der Waals surface area contributed by atoms with Gasteiger partial charge >= 0.3 is 0 Å². The molecular formula is C12H11N3. The highest BCUT2D eigenvalue weighted by molar-refractivity contribution is 5.74. The maximum Gasteiger partial charge on any atom is 0.101 e. The summed E-state index contributed by atoms with van der Waals surface area (Å²) in [5.41, 5.74) is 3.11. The second kappa shape index (κ2) is 3.18. The van der Waals surface area contributed by atoms with Crippen LogP contribution >= 0.6 is 0 Å². The van der Waals surface area contributed by atoms with Crippen molar-refractivity contribution in [3.05, 3.63) is 35.7 Å². The molecule has 74 valence electrons. The standard InChI is InChI=1S/C12H11N3/c13-3-8-1-9(5-14-4-8)11-2-10-6-15-7-12(10)11/h1-2,4-5,10,12,15H,6-7H2/t10-,12+/m1/s1. The third kappa shape index (κ3) is 1.26. The van der Waals surface area contributed by atoms with Gasteiger partial charge in [-0.1, -0.05) is 6.08 Å². The van der Waals surface area contributed by atoms with Crippen LogP contribution < -0.4 is 5.32 Å². The van der Waals surface area contributed by atoms with Crippen LogP contribution in [-0.4, -0.2) is 18.1 Å². The number of nitrogens with zero attached hydrogens (tertiary/aromatic N) is 2. The van der Waals surface area contributed by atoms with E-state index in [1.54, 1.807) is 6.20 Å². The average molecular weight is 197 g/mol. The highest BCUT2D eigenvalue weighted by Gasteiger charge is 2.36. The minimum Gasteiger partial charge on any atom is -0.315 e. The fourth-order valence-corrected chi connectivity index (χ4v) is 2.42. The molecule has 2 atom stereocenters. The molecule has 0 amide bonds. The minimum absolute atomic E-state index is 0.640. The number of nitriles is 1. The van der Waals surface area contributed by atoms with E-state index in [0.717, 1.165) is 18.7 Å². The first kappa shape index (κ1) is 8.63. The van der Waals surface area contributed by atoms with E-state index < -0.39 is 0 Å². The smallest absolute Gasteiger partial charge is 0.101 e. The van der Waals surface area contributed by atoms with Gasteiger partial charge in [0.15, 0.2) is 0 Å². The summed E-state index contributed by atoms with van der Waals surface area (Å²) in [4.78, 5) is 4.09. The van der Waals surface area contributed by atoms with Crippen molar-refractivity contribution >= 4 is 5.57 Å². The molecule has 3 nitrogen and oxygen atoms in total. The van der Waals surface area contributed by atoms with Gasteiger partial charge in [-0.15, -0.1) is 0 Å². The quantitative estimate of drug-likeness (QED) is 0.735. The molecule has 2 heterocycles. The third-order valence-corrected chi connectivity index (χ3v) is 3.25. The Balaban J connectivity index is 1.95. The molecule has 3 heteroatoms. The van der Waals surface area contributed by atoms with Crippen molar-refractivity contribution in [3.8, 4) is 6.07 Å². The van der Waals surface area contributed by atoms with Crippen LogP contribution in [0.5, 0.6) is 0 Å². The van der Waals surface area contributed by atoms with E-state index in [9.17, 15) is 0 Å². The van der Waals surface area contributed by atoms with Gasteiger partial charge in [0.1, 0.15) is 6.07 Å². The molecule has 0 saturated carbocycles. The molecule has 1 aromatic heterocycles. The number of nitrogens with one attached hydrogen (secondary N) is 1. The lowest BCUT2D eigenvalue weighted by molar-refractivity contribution is 0.564. The maximum atomic E-state index is 8.80. The first-order chi connectivity index (χ1) is 7.38. The zero-order valence-electron chi connectivity index (χ0n) is 8.27. The van der Waals surface area contributed by atoms with E-state index in [1.807, 2.05) is 12.3 Å². The maximum absolute atomic E-state index is 8.80. The number of pyridine rings is 1. The molecule has 0 radical (unpaired) electrons. The average Bonchev–Trinajstić information content (AvgIpc) is 2.61. The Morgan fingerprint density at radius 3 is 3.13 bits per heavy atom. The highest BCUT2D eigenvalue weighted by atomic mass is 14.9. The molecule has 2 aliphatic rings. The van der Waals surface area contributed by atoms with Crippen molar-refractivity contribution in [3.63, 3.8) is 0 Å². The lowest BCUT2D eigenvalue weighted by Crippen LogP contribution is -2.22. The molecule has 1 aliphatic carbocycles. The molecule has 1 fully saturated rings. The Hall–Kier alpha value is -1.66. The van der Waals surface area contributed by atoms with E-state index in [0.29, 0.717) is 17.4 Å². The Bertz CT molecular complexity index is 470. The van der Waals surface area contributed by atoms with Crippen LogP contribution in [0.2, 0.25) is 0 Å². The summed E-state index contributed by atoms with van der Waals surface area (Å²) in [7, 11) is 0. The van der Waals surface area contributed by atoms with Gasteiger partial charge in [-0.25, -0.2) is 0 Å². The molecule has 15 heavy (non-hydrogen) atoms. The highest BCUT2D eigenvalue weighted by Crippen LogP contribution is 2.42. The van der Waals surface area contributed by atoms with Gasteiger partial charge in [0.2, 0.25) is 0 Å². The summed E-state index contributed by atoms with van der Waals surface area (Å²) in [6.07, 6.45) is 5.75. The number of hydrogen-bond donors (Lipinski definition) is 1. The second-order valence-electron chi connectivity index (χ2n) is 4.12. The number of fused-ring (bicyclic) bond motifs is 1. The number of rotatable bonds is 1. The second-order valence-corrected chi connectivity index (χ2v) is 4.12. The van der Waals surface area contributed by atoms with Gasteiger partial charge in [0.25, 0.3) is 0 Å². The van der Waals surface area contributed by atoms with Crippen LogP contribution in [-0.2, 0) is 0 Å². The SMILES string of the molecule is N#Cc1cncc(C2=C[C@@H]3CNC[C@H]23)c1. The zero-order chi connectivity index (χ0) is 10.3. The van der Waals surface area contributed by atoms with Crippen molar-refractivity contribution in [1.82, 2.24) is 10.3 Å². The van der Waals surface area contributed by atoms with Crippen LogP contribution in [0.4, 0.5) is 0 Å². The van der Waals surface area contributed by atoms with Crippen molar-refractivity contribution in [1.29, 1.82) is 5.26 Å². The van der Waals surface area contributed by atoms with Crippen LogP contribution in [0.1, 0.15) is 11.1 Å². The van der Waals surface area contributed by atoms with Gasteiger partial charge in [-0.2, -0.15) is 5.26 Å². The summed E-state index contributed by atoms with van der Waals surface area (Å²) in [5, 5.41) is 12.2. The van der Waals surface area contributed by atoms with Crippen molar-refractivity contribution < 1.29 is 0 Å². The molecular weight excluding hydrogens is 186 g/mol. The van der Waals surface area contributed by atoms with Crippen molar-refractivity contribution in [2.45, 2.75) is 0 Å². The minimum atomic E-state index is 0.640. The fraction of sp³-hybridized carbons (Fsp3) is 0.333. The van der Waals surface area contributed by atoms with Crippen LogP contribution in [0.15, 0.2) is 24.5 Å². The molecule has 0 spiro atoms. The van der Waals surface area contributed by atoms with E-state index in [1.165, 1.54) is 5.57 Å². The Morgan fingerprint density at radius 1 is 1.40 bits per heavy atom. The molecule has 1 saturated heterocycles. The molecule has 0 bridgehead atoms. The van der Waals surface area contributed by atoms with Gasteiger partial charge < -0.3 is 5.32 Å². The van der Waals surface area contributed by atoms with Crippen molar-refractivity contribution in [2.75, 3.05) is 13.1 Å². The summed E-state index contributed by atoms with van der Waals surface area (Å²) in [6, 6.07) is 4.05. The predicted octanol–water partition coefficient (Wildman–Crippen LogP) is 1.19. The van der Waals surface area contributed by atoms with Crippen LogP contribution in [0, 0.1) is 23.2 Å². The summed E-state index contributed by atoms with van der Waals surface area (Å²) in [6.45, 7) is 2.16. The van der Waals surface area contributed by atoms with Gasteiger partial charge in [-0.3, -0.25) is 4.98 Å². The lowest BCUT2D eigenvalue weighted by Gasteiger charge is -2.29. The topological polar surface area (TPSA) is 48.7 Å². The molecule has 1 aromatic rings. The molecule has 0 aromatic carbocycles. The molecule has 1 aliphatic heterocycles. The lowest BCUT2D eigenvalue weighted by atomic mass is 9.74. The number of aromatic nitrogens is 1. The van der Waals surface area contributed by atoms with Gasteiger partial charge in [0.05, 0.1) is 5.56 Å². The molecule has 1 N–H and O–H groups in total. The molecule has 3 rings (SSSR count). The first-order valence-electron chi connectivity index (χ1n) is 5.16. The monoisotopic (exact) mass is 197 g/mol. The molecule has 0 unspecified atom stereocenters. The summed E-state index contributed by atoms with van der Waals surface area (Å²) >= 11 is 0. The van der Waals surface area contributed by atoms with Crippen molar-refractivity contribution in [2.24, 2.45) is 11.8 Å². The number of hydrogen-bond acceptors (Lipinski definition) is 3. The van der Waals surface area contributed by atoms with Crippen LogP contribution in [0.25, 0.3) is 5.57 Å². The summed E-state index contributed by atoms with van der Waals surface area (Å²) < 4.78 is 0. The van der Waals surface area contributed by atoms with E-state index in [2.05, 4.69) is 22.4 Å².